The summed E-state index contributed by atoms with van der Waals surface area (Å²) >= 11 is 0. The molecule has 0 aliphatic carbocycles. The van der Waals surface area contributed by atoms with Crippen molar-refractivity contribution in [3.63, 3.8) is 0 Å². The van der Waals surface area contributed by atoms with Gasteiger partial charge in [0.1, 0.15) is 11.5 Å². The third-order valence-electron chi connectivity index (χ3n) is 4.61. The molecule has 0 unspecified atom stereocenters. The van der Waals surface area contributed by atoms with Crippen LogP contribution < -0.4 is 9.47 Å². The van der Waals surface area contributed by atoms with Crippen molar-refractivity contribution < 1.29 is 9.47 Å². The van der Waals surface area contributed by atoms with Crippen LogP contribution in [0.4, 0.5) is 0 Å². The fourth-order valence-electron chi connectivity index (χ4n) is 3.40. The van der Waals surface area contributed by atoms with Gasteiger partial charge in [0, 0.05) is 0 Å². The summed E-state index contributed by atoms with van der Waals surface area (Å²) < 4.78 is 10.6. The average Bonchev–Trinajstić information content (AvgIpc) is 2.54. The summed E-state index contributed by atoms with van der Waals surface area (Å²) in [5.41, 5.74) is 2.75. The predicted molar refractivity (Wildman–Crippen MR) is 96.7 cm³/mol. The molecule has 0 aliphatic rings. The van der Waals surface area contributed by atoms with Gasteiger partial charge in [-0.1, -0.05) is 52.0 Å². The molecular weight excluding hydrogens is 284 g/mol. The quantitative estimate of drug-likeness (QED) is 0.716. The summed E-state index contributed by atoms with van der Waals surface area (Å²) in [6.07, 6.45) is 1.04. The molecule has 0 spiro atoms. The van der Waals surface area contributed by atoms with Crippen LogP contribution in [0.25, 0.3) is 0 Å². The van der Waals surface area contributed by atoms with E-state index < -0.39 is 0 Å². The molecule has 0 aromatic heterocycles. The van der Waals surface area contributed by atoms with Crippen molar-refractivity contribution in [3.8, 4) is 11.5 Å². The second-order valence-corrected chi connectivity index (χ2v) is 7.41. The van der Waals surface area contributed by atoms with Crippen molar-refractivity contribution in [1.82, 2.24) is 0 Å². The van der Waals surface area contributed by atoms with Crippen LogP contribution in [-0.4, -0.2) is 14.2 Å². The lowest BCUT2D eigenvalue weighted by Crippen LogP contribution is -2.29. The standard InChI is InChI=1S/C21H28O2/c1-20(2,16-10-12-18(22-5)13-11-16)15-21(3,4)17-8-7-9-19(14-17)23-6/h7-14H,15H2,1-6H3. The average molecular weight is 312 g/mol. The van der Waals surface area contributed by atoms with Gasteiger partial charge >= 0.3 is 0 Å². The van der Waals surface area contributed by atoms with Gasteiger partial charge in [-0.15, -0.1) is 0 Å². The van der Waals surface area contributed by atoms with Gasteiger partial charge in [-0.2, -0.15) is 0 Å². The Morgan fingerprint density at radius 1 is 0.696 bits per heavy atom. The van der Waals surface area contributed by atoms with Gasteiger partial charge in [-0.25, -0.2) is 0 Å². The molecule has 0 N–H and O–H groups in total. The highest BCUT2D eigenvalue weighted by Crippen LogP contribution is 2.39. The molecule has 0 saturated carbocycles. The minimum absolute atomic E-state index is 0.0535. The molecule has 0 atom stereocenters. The van der Waals surface area contributed by atoms with E-state index in [1.807, 2.05) is 18.2 Å². The summed E-state index contributed by atoms with van der Waals surface area (Å²) in [6, 6.07) is 16.8. The molecule has 0 saturated heterocycles. The zero-order valence-electron chi connectivity index (χ0n) is 15.1. The van der Waals surface area contributed by atoms with E-state index in [1.165, 1.54) is 11.1 Å². The van der Waals surface area contributed by atoms with Crippen LogP contribution in [0, 0.1) is 0 Å². The van der Waals surface area contributed by atoms with Gasteiger partial charge in [-0.05, 0) is 52.6 Å². The number of benzene rings is 2. The first-order chi connectivity index (χ1) is 10.8. The fourth-order valence-corrected chi connectivity index (χ4v) is 3.40. The zero-order chi connectivity index (χ0) is 17.1. The lowest BCUT2D eigenvalue weighted by molar-refractivity contribution is 0.346. The molecule has 0 amide bonds. The first kappa shape index (κ1) is 17.4. The van der Waals surface area contributed by atoms with Gasteiger partial charge in [0.15, 0.2) is 0 Å². The minimum Gasteiger partial charge on any atom is -0.497 e. The van der Waals surface area contributed by atoms with Crippen LogP contribution in [0.5, 0.6) is 11.5 Å². The van der Waals surface area contributed by atoms with Crippen LogP contribution in [0.3, 0.4) is 0 Å². The molecule has 0 fully saturated rings. The summed E-state index contributed by atoms with van der Waals surface area (Å²) in [5, 5.41) is 0. The van der Waals surface area contributed by atoms with Crippen molar-refractivity contribution in [2.24, 2.45) is 0 Å². The smallest absolute Gasteiger partial charge is 0.119 e. The van der Waals surface area contributed by atoms with Crippen LogP contribution >= 0.6 is 0 Å². The number of hydrogen-bond donors (Lipinski definition) is 0. The van der Waals surface area contributed by atoms with Crippen molar-refractivity contribution in [2.45, 2.75) is 44.9 Å². The Hall–Kier alpha value is -1.96. The normalized spacial score (nSPS) is 12.1. The predicted octanol–water partition coefficient (Wildman–Crippen LogP) is 5.35. The topological polar surface area (TPSA) is 18.5 Å². The Kier molecular flexibility index (Phi) is 5.03. The second-order valence-electron chi connectivity index (χ2n) is 7.41. The number of methoxy groups -OCH3 is 2. The molecule has 2 nitrogen and oxygen atoms in total. The lowest BCUT2D eigenvalue weighted by Gasteiger charge is -2.36. The Morgan fingerprint density at radius 3 is 1.83 bits per heavy atom. The first-order valence-corrected chi connectivity index (χ1v) is 8.07. The van der Waals surface area contributed by atoms with E-state index in [0.717, 1.165) is 17.9 Å². The molecule has 2 aromatic carbocycles. The summed E-state index contributed by atoms with van der Waals surface area (Å²) in [4.78, 5) is 0. The molecule has 0 heterocycles. The first-order valence-electron chi connectivity index (χ1n) is 8.07. The van der Waals surface area contributed by atoms with Gasteiger partial charge in [-0.3, -0.25) is 0 Å². The molecule has 0 bridgehead atoms. The SMILES string of the molecule is COc1ccc(C(C)(C)CC(C)(C)c2cccc(OC)c2)cc1. The van der Waals surface area contributed by atoms with E-state index in [-0.39, 0.29) is 10.8 Å². The maximum Gasteiger partial charge on any atom is 0.119 e. The van der Waals surface area contributed by atoms with Crippen molar-refractivity contribution in [3.05, 3.63) is 59.7 Å². The van der Waals surface area contributed by atoms with E-state index in [4.69, 9.17) is 9.47 Å². The zero-order valence-corrected chi connectivity index (χ0v) is 15.1. The van der Waals surface area contributed by atoms with E-state index in [0.29, 0.717) is 0 Å². The molecular formula is C21H28O2. The Balaban J connectivity index is 2.25. The molecule has 124 valence electrons. The Labute approximate surface area is 140 Å². The number of rotatable bonds is 6. The van der Waals surface area contributed by atoms with E-state index in [2.05, 4.69) is 58.0 Å². The summed E-state index contributed by atoms with van der Waals surface area (Å²) in [6.45, 7) is 9.20. The summed E-state index contributed by atoms with van der Waals surface area (Å²) in [5.74, 6) is 1.81. The van der Waals surface area contributed by atoms with E-state index >= 15 is 0 Å². The van der Waals surface area contributed by atoms with Crippen molar-refractivity contribution in [2.75, 3.05) is 14.2 Å². The molecule has 23 heavy (non-hydrogen) atoms. The molecule has 2 heteroatoms. The lowest BCUT2D eigenvalue weighted by atomic mass is 9.68. The molecule has 0 radical (unpaired) electrons. The van der Waals surface area contributed by atoms with Gasteiger partial charge < -0.3 is 9.47 Å². The minimum atomic E-state index is 0.0535. The van der Waals surface area contributed by atoms with Crippen molar-refractivity contribution >= 4 is 0 Å². The molecule has 2 aromatic rings. The highest BCUT2D eigenvalue weighted by atomic mass is 16.5. The maximum absolute atomic E-state index is 5.38. The largest absolute Gasteiger partial charge is 0.497 e. The second kappa shape index (κ2) is 6.66. The van der Waals surface area contributed by atoms with Crippen LogP contribution in [-0.2, 0) is 10.8 Å². The highest BCUT2D eigenvalue weighted by Gasteiger charge is 2.31. The van der Waals surface area contributed by atoms with Crippen LogP contribution in [0.15, 0.2) is 48.5 Å². The van der Waals surface area contributed by atoms with Gasteiger partial charge in [0.05, 0.1) is 14.2 Å². The van der Waals surface area contributed by atoms with Crippen molar-refractivity contribution in [1.29, 1.82) is 0 Å². The molecule has 2 rings (SSSR count). The Morgan fingerprint density at radius 2 is 1.26 bits per heavy atom. The fraction of sp³-hybridized carbons (Fsp3) is 0.429. The van der Waals surface area contributed by atoms with E-state index in [9.17, 15) is 0 Å². The Bertz CT molecular complexity index is 639. The maximum atomic E-state index is 5.38. The highest BCUT2D eigenvalue weighted by molar-refractivity contribution is 5.36. The van der Waals surface area contributed by atoms with Crippen LogP contribution in [0.2, 0.25) is 0 Å². The number of ether oxygens (including phenoxy) is 2. The molecule has 0 aliphatic heterocycles. The van der Waals surface area contributed by atoms with Crippen LogP contribution in [0.1, 0.15) is 45.2 Å². The monoisotopic (exact) mass is 312 g/mol. The third kappa shape index (κ3) is 4.07. The van der Waals surface area contributed by atoms with Gasteiger partial charge in [0.25, 0.3) is 0 Å². The van der Waals surface area contributed by atoms with E-state index in [1.54, 1.807) is 14.2 Å². The summed E-state index contributed by atoms with van der Waals surface area (Å²) in [7, 11) is 3.42. The third-order valence-corrected chi connectivity index (χ3v) is 4.61. The van der Waals surface area contributed by atoms with Gasteiger partial charge in [0.2, 0.25) is 0 Å². The number of hydrogen-bond acceptors (Lipinski definition) is 2.